The molecular weight excluding hydrogens is 380 g/mol. The third kappa shape index (κ3) is 4.17. The lowest BCUT2D eigenvalue weighted by Crippen LogP contribution is -2.36. The van der Waals surface area contributed by atoms with E-state index < -0.39 is 23.6 Å². The topological polar surface area (TPSA) is 95.9 Å². The lowest BCUT2D eigenvalue weighted by Gasteiger charge is -2.13. The summed E-state index contributed by atoms with van der Waals surface area (Å²) in [5.74, 6) is -0.370. The molecular formula is C20H18N2O5S. The van der Waals surface area contributed by atoms with Gasteiger partial charge in [-0.25, -0.2) is 0 Å². The molecule has 0 unspecified atom stereocenters. The molecule has 0 bridgehead atoms. The first-order valence-electron chi connectivity index (χ1n) is 8.37. The second-order valence-corrected chi connectivity index (χ2v) is 7.05. The highest BCUT2D eigenvalue weighted by molar-refractivity contribution is 8.18. The van der Waals surface area contributed by atoms with Gasteiger partial charge in [0.25, 0.3) is 11.1 Å². The summed E-state index contributed by atoms with van der Waals surface area (Å²) in [7, 11) is 1.52. The molecule has 7 nitrogen and oxygen atoms in total. The first kappa shape index (κ1) is 19.5. The Hall–Kier alpha value is -3.26. The molecule has 0 radical (unpaired) electrons. The summed E-state index contributed by atoms with van der Waals surface area (Å²) in [5, 5.41) is 11.6. The highest BCUT2D eigenvalue weighted by Crippen LogP contribution is 2.33. The van der Waals surface area contributed by atoms with Gasteiger partial charge in [0.1, 0.15) is 18.0 Å². The number of methoxy groups -OCH3 is 1. The van der Waals surface area contributed by atoms with E-state index in [1.165, 1.54) is 19.2 Å². The molecule has 2 aromatic carbocycles. The van der Waals surface area contributed by atoms with E-state index in [9.17, 15) is 19.5 Å². The molecule has 0 atom stereocenters. The van der Waals surface area contributed by atoms with Crippen molar-refractivity contribution in [2.24, 2.45) is 0 Å². The molecule has 3 rings (SSSR count). The number of benzene rings is 2. The van der Waals surface area contributed by atoms with Crippen molar-refractivity contribution < 1.29 is 24.2 Å². The number of phenols is 1. The maximum absolute atomic E-state index is 12.6. The van der Waals surface area contributed by atoms with Gasteiger partial charge in [-0.3, -0.25) is 19.3 Å². The molecule has 1 saturated heterocycles. The van der Waals surface area contributed by atoms with Crippen LogP contribution in [0, 0.1) is 6.92 Å². The lowest BCUT2D eigenvalue weighted by atomic mass is 10.2. The summed E-state index contributed by atoms with van der Waals surface area (Å²) in [5.41, 5.74) is 1.83. The van der Waals surface area contributed by atoms with Gasteiger partial charge in [0.15, 0.2) is 0 Å². The van der Waals surface area contributed by atoms with Crippen LogP contribution in [0.25, 0.3) is 6.08 Å². The molecule has 1 heterocycles. The molecule has 1 aliphatic heterocycles. The van der Waals surface area contributed by atoms with Crippen molar-refractivity contribution in [2.75, 3.05) is 19.0 Å². The van der Waals surface area contributed by atoms with E-state index in [0.717, 1.165) is 16.7 Å². The second-order valence-electron chi connectivity index (χ2n) is 6.06. The van der Waals surface area contributed by atoms with Gasteiger partial charge in [-0.2, -0.15) is 0 Å². The fourth-order valence-corrected chi connectivity index (χ4v) is 3.51. The number of nitrogens with one attached hydrogen (secondary N) is 1. The number of imide groups is 1. The first-order valence-corrected chi connectivity index (χ1v) is 9.18. The van der Waals surface area contributed by atoms with Gasteiger partial charge < -0.3 is 15.2 Å². The van der Waals surface area contributed by atoms with Crippen molar-refractivity contribution >= 4 is 40.6 Å². The molecule has 1 fully saturated rings. The van der Waals surface area contributed by atoms with Gasteiger partial charge in [-0.05, 0) is 54.6 Å². The number of anilines is 1. The average molecular weight is 398 g/mol. The quantitative estimate of drug-likeness (QED) is 0.592. The van der Waals surface area contributed by atoms with Crippen molar-refractivity contribution in [3.05, 3.63) is 58.5 Å². The third-order valence-electron chi connectivity index (χ3n) is 4.08. The van der Waals surface area contributed by atoms with E-state index in [-0.39, 0.29) is 10.7 Å². The van der Waals surface area contributed by atoms with Crippen LogP contribution in [0.1, 0.15) is 11.1 Å². The Morgan fingerprint density at radius 2 is 2.00 bits per heavy atom. The zero-order valence-corrected chi connectivity index (χ0v) is 16.1. The van der Waals surface area contributed by atoms with Gasteiger partial charge in [-0.1, -0.05) is 18.2 Å². The van der Waals surface area contributed by atoms with Crippen molar-refractivity contribution in [1.82, 2.24) is 4.90 Å². The largest absolute Gasteiger partial charge is 0.508 e. The van der Waals surface area contributed by atoms with Crippen LogP contribution in [0.2, 0.25) is 0 Å². The number of carbonyl (C=O) groups is 3. The number of aromatic hydroxyl groups is 1. The molecule has 144 valence electrons. The van der Waals surface area contributed by atoms with Crippen molar-refractivity contribution in [3.8, 4) is 11.5 Å². The first-order chi connectivity index (χ1) is 13.4. The van der Waals surface area contributed by atoms with Gasteiger partial charge in [0.2, 0.25) is 5.91 Å². The number of hydrogen-bond acceptors (Lipinski definition) is 6. The van der Waals surface area contributed by atoms with E-state index in [2.05, 4.69) is 5.32 Å². The SMILES string of the molecule is COc1ccccc1/C=C1\SC(=O)N(CC(=O)Nc2ccc(O)cc2C)C1=O. The minimum Gasteiger partial charge on any atom is -0.508 e. The molecule has 0 aromatic heterocycles. The Kier molecular flexibility index (Phi) is 5.70. The molecule has 0 spiro atoms. The number of aryl methyl sites for hydroxylation is 1. The minimum atomic E-state index is -0.529. The molecule has 28 heavy (non-hydrogen) atoms. The fraction of sp³-hybridized carbons (Fsp3) is 0.150. The van der Waals surface area contributed by atoms with Crippen LogP contribution in [0.15, 0.2) is 47.4 Å². The molecule has 2 aromatic rings. The van der Waals surface area contributed by atoms with Crippen molar-refractivity contribution in [2.45, 2.75) is 6.92 Å². The Labute approximate surface area is 166 Å². The minimum absolute atomic E-state index is 0.0860. The number of para-hydroxylation sites is 1. The Balaban J connectivity index is 1.73. The predicted octanol–water partition coefficient (Wildman–Crippen LogP) is 3.38. The number of rotatable bonds is 5. The molecule has 2 N–H and O–H groups in total. The summed E-state index contributed by atoms with van der Waals surface area (Å²) in [6, 6.07) is 11.6. The van der Waals surface area contributed by atoms with Crippen LogP contribution < -0.4 is 10.1 Å². The van der Waals surface area contributed by atoms with E-state index in [0.29, 0.717) is 22.6 Å². The second kappa shape index (κ2) is 8.18. The average Bonchev–Trinajstić information content (AvgIpc) is 2.92. The van der Waals surface area contributed by atoms with Crippen LogP contribution >= 0.6 is 11.8 Å². The number of thioether (sulfide) groups is 1. The van der Waals surface area contributed by atoms with Crippen molar-refractivity contribution in [1.29, 1.82) is 0 Å². The zero-order chi connectivity index (χ0) is 20.3. The molecule has 8 heteroatoms. The van der Waals surface area contributed by atoms with E-state index in [4.69, 9.17) is 4.74 Å². The normalized spacial score (nSPS) is 15.2. The Morgan fingerprint density at radius 3 is 2.71 bits per heavy atom. The molecule has 1 aliphatic rings. The van der Waals surface area contributed by atoms with E-state index in [1.54, 1.807) is 43.3 Å². The predicted molar refractivity (Wildman–Crippen MR) is 107 cm³/mol. The van der Waals surface area contributed by atoms with E-state index >= 15 is 0 Å². The number of phenolic OH excluding ortho intramolecular Hbond substituents is 1. The molecule has 0 saturated carbocycles. The van der Waals surface area contributed by atoms with E-state index in [1.807, 2.05) is 0 Å². The number of hydrogen-bond donors (Lipinski definition) is 2. The Morgan fingerprint density at radius 1 is 1.25 bits per heavy atom. The number of amides is 3. The number of ether oxygens (including phenoxy) is 1. The molecule has 3 amide bonds. The highest BCUT2D eigenvalue weighted by Gasteiger charge is 2.36. The summed E-state index contributed by atoms with van der Waals surface area (Å²) < 4.78 is 5.25. The van der Waals surface area contributed by atoms with Gasteiger partial charge >= 0.3 is 0 Å². The van der Waals surface area contributed by atoms with Crippen LogP contribution in [0.5, 0.6) is 11.5 Å². The standard InChI is InChI=1S/C20H18N2O5S/c1-12-9-14(23)7-8-15(12)21-18(24)11-22-19(25)17(28-20(22)26)10-13-5-3-4-6-16(13)27-2/h3-10,23H,11H2,1-2H3,(H,21,24)/b17-10-. The monoisotopic (exact) mass is 398 g/mol. The summed E-state index contributed by atoms with van der Waals surface area (Å²) >= 11 is 0.779. The van der Waals surface area contributed by atoms with Gasteiger partial charge in [0, 0.05) is 11.3 Å². The Bertz CT molecular complexity index is 986. The number of carbonyl (C=O) groups excluding carboxylic acids is 3. The zero-order valence-electron chi connectivity index (χ0n) is 15.3. The van der Waals surface area contributed by atoms with Crippen LogP contribution in [0.4, 0.5) is 10.5 Å². The van der Waals surface area contributed by atoms with Gasteiger partial charge in [0.05, 0.1) is 12.0 Å². The van der Waals surface area contributed by atoms with Crippen molar-refractivity contribution in [3.63, 3.8) is 0 Å². The van der Waals surface area contributed by atoms with Gasteiger partial charge in [-0.15, -0.1) is 0 Å². The summed E-state index contributed by atoms with van der Waals surface area (Å²) in [6.45, 7) is 1.33. The molecule has 0 aliphatic carbocycles. The highest BCUT2D eigenvalue weighted by atomic mass is 32.2. The fourth-order valence-electron chi connectivity index (χ4n) is 2.68. The summed E-state index contributed by atoms with van der Waals surface area (Å²) in [6.07, 6.45) is 1.58. The van der Waals surface area contributed by atoms with Crippen LogP contribution in [-0.2, 0) is 9.59 Å². The smallest absolute Gasteiger partial charge is 0.294 e. The van der Waals surface area contributed by atoms with Crippen LogP contribution in [-0.4, -0.2) is 40.7 Å². The maximum Gasteiger partial charge on any atom is 0.294 e. The number of nitrogens with zero attached hydrogens (tertiary/aromatic N) is 1. The summed E-state index contributed by atoms with van der Waals surface area (Å²) in [4.78, 5) is 38.2. The maximum atomic E-state index is 12.6. The third-order valence-corrected chi connectivity index (χ3v) is 4.99. The van der Waals surface area contributed by atoms with Crippen LogP contribution in [0.3, 0.4) is 0 Å². The lowest BCUT2D eigenvalue weighted by molar-refractivity contribution is -0.127.